The Morgan fingerprint density at radius 3 is 2.72 bits per heavy atom. The molecule has 0 fully saturated rings. The number of halogens is 3. The van der Waals surface area contributed by atoms with Crippen LogP contribution in [0.15, 0.2) is 18.2 Å². The predicted octanol–water partition coefficient (Wildman–Crippen LogP) is 3.25. The smallest absolute Gasteiger partial charge is 0.387 e. The molecule has 0 radical (unpaired) electrons. The summed E-state index contributed by atoms with van der Waals surface area (Å²) in [5.41, 5.74) is 0.808. The maximum atomic E-state index is 12.2. The number of hydrogen-bond donors (Lipinski definition) is 0. The van der Waals surface area contributed by atoms with Crippen molar-refractivity contribution in [3.63, 3.8) is 0 Å². The van der Waals surface area contributed by atoms with E-state index in [0.717, 1.165) is 12.0 Å². The number of carbonyl (C=O) groups is 1. The van der Waals surface area contributed by atoms with Gasteiger partial charge in [-0.3, -0.25) is 0 Å². The zero-order valence-electron chi connectivity index (χ0n) is 9.79. The first kappa shape index (κ1) is 14.7. The van der Waals surface area contributed by atoms with Gasteiger partial charge in [0.2, 0.25) is 0 Å². The lowest BCUT2D eigenvalue weighted by atomic mass is 10.1. The maximum absolute atomic E-state index is 12.2. The minimum atomic E-state index is -2.98. The van der Waals surface area contributed by atoms with Crippen molar-refractivity contribution in [3.8, 4) is 5.75 Å². The van der Waals surface area contributed by atoms with Crippen LogP contribution >= 0.6 is 11.6 Å². The molecule has 1 aromatic rings. The second-order valence-electron chi connectivity index (χ2n) is 3.49. The molecule has 3 nitrogen and oxygen atoms in total. The Labute approximate surface area is 109 Å². The fraction of sp³-hybridized carbons (Fsp3) is 0.417. The molecule has 1 aromatic carbocycles. The van der Waals surface area contributed by atoms with Crippen LogP contribution in [0.2, 0.25) is 0 Å². The lowest BCUT2D eigenvalue weighted by Crippen LogP contribution is -2.09. The van der Waals surface area contributed by atoms with E-state index >= 15 is 0 Å². The third-order valence-corrected chi connectivity index (χ3v) is 2.53. The average Bonchev–Trinajstić information content (AvgIpc) is 2.36. The van der Waals surface area contributed by atoms with Crippen LogP contribution in [-0.4, -0.2) is 25.6 Å². The van der Waals surface area contributed by atoms with Gasteiger partial charge in [-0.15, -0.1) is 11.6 Å². The van der Waals surface area contributed by atoms with E-state index in [9.17, 15) is 13.6 Å². The molecule has 0 atom stereocenters. The summed E-state index contributed by atoms with van der Waals surface area (Å²) in [6.45, 7) is -2.98. The Morgan fingerprint density at radius 1 is 1.44 bits per heavy atom. The summed E-state index contributed by atoms with van der Waals surface area (Å²) in [4.78, 5) is 11.5. The molecule has 0 N–H and O–H groups in total. The van der Waals surface area contributed by atoms with Crippen molar-refractivity contribution in [2.75, 3.05) is 13.0 Å². The molecule has 18 heavy (non-hydrogen) atoms. The number of benzene rings is 1. The minimum Gasteiger partial charge on any atom is -0.465 e. The van der Waals surface area contributed by atoms with Gasteiger partial charge in [0, 0.05) is 5.88 Å². The van der Waals surface area contributed by atoms with E-state index in [1.165, 1.54) is 19.2 Å². The lowest BCUT2D eigenvalue weighted by Gasteiger charge is -2.10. The molecule has 0 heterocycles. The van der Waals surface area contributed by atoms with Gasteiger partial charge in [0.15, 0.2) is 0 Å². The monoisotopic (exact) mass is 278 g/mol. The number of esters is 1. The highest BCUT2D eigenvalue weighted by molar-refractivity contribution is 6.17. The van der Waals surface area contributed by atoms with Gasteiger partial charge in [-0.05, 0) is 30.5 Å². The van der Waals surface area contributed by atoms with Gasteiger partial charge in [0.25, 0.3) is 0 Å². The third kappa shape index (κ3) is 4.14. The molecule has 0 aromatic heterocycles. The highest BCUT2D eigenvalue weighted by atomic mass is 35.5. The molecule has 0 spiro atoms. The Bertz CT molecular complexity index is 410. The van der Waals surface area contributed by atoms with Gasteiger partial charge >= 0.3 is 12.6 Å². The molecule has 0 saturated carbocycles. The second-order valence-corrected chi connectivity index (χ2v) is 3.87. The Morgan fingerprint density at radius 2 is 2.17 bits per heavy atom. The molecule has 0 amide bonds. The molecule has 0 aliphatic heterocycles. The summed E-state index contributed by atoms with van der Waals surface area (Å²) in [7, 11) is 1.18. The van der Waals surface area contributed by atoms with Crippen molar-refractivity contribution < 1.29 is 23.0 Å². The third-order valence-electron chi connectivity index (χ3n) is 2.26. The molecule has 0 bridgehead atoms. The molecular weight excluding hydrogens is 266 g/mol. The predicted molar refractivity (Wildman–Crippen MR) is 63.5 cm³/mol. The van der Waals surface area contributed by atoms with E-state index in [1.807, 2.05) is 0 Å². The number of aryl methyl sites for hydroxylation is 1. The zero-order chi connectivity index (χ0) is 13.5. The summed E-state index contributed by atoms with van der Waals surface area (Å²) in [6, 6.07) is 4.44. The first-order valence-electron chi connectivity index (χ1n) is 5.30. The lowest BCUT2D eigenvalue weighted by molar-refractivity contribution is -0.0504. The van der Waals surface area contributed by atoms with Gasteiger partial charge in [0.1, 0.15) is 11.3 Å². The normalized spacial score (nSPS) is 10.5. The van der Waals surface area contributed by atoms with Crippen molar-refractivity contribution in [3.05, 3.63) is 29.3 Å². The van der Waals surface area contributed by atoms with Crippen molar-refractivity contribution >= 4 is 17.6 Å². The molecule has 1 rings (SSSR count). The summed E-state index contributed by atoms with van der Waals surface area (Å²) in [5.74, 6) is -0.409. The molecule has 100 valence electrons. The highest BCUT2D eigenvalue weighted by Crippen LogP contribution is 2.23. The van der Waals surface area contributed by atoms with E-state index in [0.29, 0.717) is 12.3 Å². The number of rotatable bonds is 6. The quantitative estimate of drug-likeness (QED) is 0.592. The number of hydrogen-bond acceptors (Lipinski definition) is 3. The van der Waals surface area contributed by atoms with Crippen molar-refractivity contribution in [1.29, 1.82) is 0 Å². The molecule has 0 aliphatic rings. The molecule has 6 heteroatoms. The first-order chi connectivity index (χ1) is 8.58. The topological polar surface area (TPSA) is 35.5 Å². The maximum Gasteiger partial charge on any atom is 0.387 e. The minimum absolute atomic E-state index is 0.00938. The fourth-order valence-electron chi connectivity index (χ4n) is 1.47. The van der Waals surface area contributed by atoms with E-state index in [-0.39, 0.29) is 11.3 Å². The van der Waals surface area contributed by atoms with E-state index in [1.54, 1.807) is 6.07 Å². The Kier molecular flexibility index (Phi) is 5.85. The van der Waals surface area contributed by atoms with Gasteiger partial charge in [-0.1, -0.05) is 6.07 Å². The summed E-state index contributed by atoms with van der Waals surface area (Å²) >= 11 is 5.57. The van der Waals surface area contributed by atoms with Gasteiger partial charge in [0.05, 0.1) is 7.11 Å². The number of ether oxygens (including phenoxy) is 2. The SMILES string of the molecule is COC(=O)c1cc(CCCCl)ccc1OC(F)F. The van der Waals surface area contributed by atoms with Gasteiger partial charge in [-0.25, -0.2) is 4.79 Å². The van der Waals surface area contributed by atoms with Crippen LogP contribution in [0.1, 0.15) is 22.3 Å². The van der Waals surface area contributed by atoms with Crippen molar-refractivity contribution in [2.24, 2.45) is 0 Å². The van der Waals surface area contributed by atoms with Crippen LogP contribution in [0.25, 0.3) is 0 Å². The average molecular weight is 279 g/mol. The van der Waals surface area contributed by atoms with E-state index in [4.69, 9.17) is 11.6 Å². The summed E-state index contributed by atoms with van der Waals surface area (Å²) in [6.07, 6.45) is 1.39. The largest absolute Gasteiger partial charge is 0.465 e. The number of methoxy groups -OCH3 is 1. The second kappa shape index (κ2) is 7.16. The number of carbonyl (C=O) groups excluding carboxylic acids is 1. The standard InChI is InChI=1S/C12H13ClF2O3/c1-17-11(16)9-7-8(3-2-6-13)4-5-10(9)18-12(14)15/h4-5,7,12H,2-3,6H2,1H3. The van der Waals surface area contributed by atoms with Crippen molar-refractivity contribution in [1.82, 2.24) is 0 Å². The summed E-state index contributed by atoms with van der Waals surface area (Å²) in [5, 5.41) is 0. The fourth-order valence-corrected chi connectivity index (χ4v) is 1.61. The van der Waals surface area contributed by atoms with E-state index < -0.39 is 12.6 Å². The molecule has 0 saturated heterocycles. The van der Waals surface area contributed by atoms with Crippen LogP contribution in [0.5, 0.6) is 5.75 Å². The van der Waals surface area contributed by atoms with Crippen LogP contribution in [-0.2, 0) is 11.2 Å². The highest BCUT2D eigenvalue weighted by Gasteiger charge is 2.16. The van der Waals surface area contributed by atoms with Crippen molar-refractivity contribution in [2.45, 2.75) is 19.5 Å². The Balaban J connectivity index is 3.00. The molecule has 0 unspecified atom stereocenters. The Hall–Kier alpha value is -1.36. The van der Waals surface area contributed by atoms with Crippen LogP contribution in [0, 0.1) is 0 Å². The van der Waals surface area contributed by atoms with E-state index in [2.05, 4.69) is 9.47 Å². The van der Waals surface area contributed by atoms with Crippen LogP contribution in [0.3, 0.4) is 0 Å². The number of alkyl halides is 3. The zero-order valence-corrected chi connectivity index (χ0v) is 10.5. The van der Waals surface area contributed by atoms with Crippen LogP contribution in [0.4, 0.5) is 8.78 Å². The van der Waals surface area contributed by atoms with Crippen LogP contribution < -0.4 is 4.74 Å². The molecule has 0 aliphatic carbocycles. The van der Waals surface area contributed by atoms with Gasteiger partial charge < -0.3 is 9.47 Å². The molecular formula is C12H13ClF2O3. The summed E-state index contributed by atoms with van der Waals surface area (Å²) < 4.78 is 33.2. The first-order valence-corrected chi connectivity index (χ1v) is 5.84. The van der Waals surface area contributed by atoms with Gasteiger partial charge in [-0.2, -0.15) is 8.78 Å².